The summed E-state index contributed by atoms with van der Waals surface area (Å²) in [5.74, 6) is 0.619. The Morgan fingerprint density at radius 2 is 2.00 bits per heavy atom. The van der Waals surface area contributed by atoms with Gasteiger partial charge in [-0.3, -0.25) is 4.72 Å². The van der Waals surface area contributed by atoms with Crippen molar-refractivity contribution in [2.24, 2.45) is 0 Å². The van der Waals surface area contributed by atoms with Crippen LogP contribution in [0.4, 0.5) is 5.69 Å². The first-order valence-electron chi connectivity index (χ1n) is 3.63. The fourth-order valence-corrected chi connectivity index (χ4v) is 1.46. The average molecular weight is 238 g/mol. The van der Waals surface area contributed by atoms with Gasteiger partial charge in [-0.15, -0.1) is 12.4 Å². The smallest absolute Gasteiger partial charge is 0.229 e. The highest BCUT2D eigenvalue weighted by Gasteiger charge is 2.01. The van der Waals surface area contributed by atoms with E-state index in [0.717, 1.165) is 6.26 Å². The maximum absolute atomic E-state index is 10.8. The molecule has 0 radical (unpaired) electrons. The van der Waals surface area contributed by atoms with Gasteiger partial charge in [-0.25, -0.2) is 8.42 Å². The Balaban J connectivity index is 0.00000169. The van der Waals surface area contributed by atoms with Crippen LogP contribution >= 0.6 is 12.4 Å². The van der Waals surface area contributed by atoms with Gasteiger partial charge < -0.3 is 4.74 Å². The second-order valence-electron chi connectivity index (χ2n) is 2.61. The number of benzene rings is 1. The summed E-state index contributed by atoms with van der Waals surface area (Å²) >= 11 is 0. The maximum Gasteiger partial charge on any atom is 0.229 e. The molecule has 14 heavy (non-hydrogen) atoms. The number of hydrogen-bond donors (Lipinski definition) is 1. The second-order valence-corrected chi connectivity index (χ2v) is 4.35. The zero-order valence-electron chi connectivity index (χ0n) is 7.85. The number of anilines is 1. The Labute approximate surface area is 89.7 Å². The van der Waals surface area contributed by atoms with Gasteiger partial charge in [-0.1, -0.05) is 6.07 Å². The van der Waals surface area contributed by atoms with Gasteiger partial charge >= 0.3 is 0 Å². The molecule has 6 heteroatoms. The summed E-state index contributed by atoms with van der Waals surface area (Å²) in [4.78, 5) is 0. The summed E-state index contributed by atoms with van der Waals surface area (Å²) < 4.78 is 29.0. The van der Waals surface area contributed by atoms with Crippen LogP contribution in [-0.2, 0) is 10.0 Å². The molecule has 0 saturated carbocycles. The number of sulfonamides is 1. The van der Waals surface area contributed by atoms with Gasteiger partial charge in [0.1, 0.15) is 5.75 Å². The molecule has 80 valence electrons. The number of nitrogens with one attached hydrogen (secondary N) is 1. The molecular weight excluding hydrogens is 226 g/mol. The number of rotatable bonds is 3. The maximum atomic E-state index is 10.8. The zero-order valence-corrected chi connectivity index (χ0v) is 9.48. The van der Waals surface area contributed by atoms with Gasteiger partial charge in [0, 0.05) is 6.07 Å². The van der Waals surface area contributed by atoms with Gasteiger partial charge in [0.15, 0.2) is 0 Å². The molecule has 0 heterocycles. The summed E-state index contributed by atoms with van der Waals surface area (Å²) in [6, 6.07) is 6.73. The summed E-state index contributed by atoms with van der Waals surface area (Å²) in [6.45, 7) is 0. The average Bonchev–Trinajstić information content (AvgIpc) is 2.01. The first-order valence-corrected chi connectivity index (χ1v) is 5.52. The quantitative estimate of drug-likeness (QED) is 0.867. The van der Waals surface area contributed by atoms with Gasteiger partial charge in [0.2, 0.25) is 10.0 Å². The van der Waals surface area contributed by atoms with Crippen molar-refractivity contribution in [1.82, 2.24) is 0 Å². The van der Waals surface area contributed by atoms with E-state index in [2.05, 4.69) is 4.72 Å². The van der Waals surface area contributed by atoms with E-state index in [9.17, 15) is 8.42 Å². The fraction of sp³-hybridized carbons (Fsp3) is 0.250. The lowest BCUT2D eigenvalue weighted by molar-refractivity contribution is 0.415. The minimum absolute atomic E-state index is 0. The molecule has 0 unspecified atom stereocenters. The highest BCUT2D eigenvalue weighted by atomic mass is 35.5. The van der Waals surface area contributed by atoms with Crippen molar-refractivity contribution >= 4 is 28.1 Å². The standard InChI is InChI=1S/C8H11NO3S.ClH/c1-12-8-5-3-4-7(6-8)9-13(2,10)11;/h3-6,9H,1-2H3;1H. The van der Waals surface area contributed by atoms with Crippen molar-refractivity contribution in [3.8, 4) is 5.75 Å². The molecule has 1 N–H and O–H groups in total. The van der Waals surface area contributed by atoms with Gasteiger partial charge in [0.25, 0.3) is 0 Å². The molecule has 0 aliphatic rings. The minimum Gasteiger partial charge on any atom is -0.497 e. The van der Waals surface area contributed by atoms with Crippen LogP contribution in [0.15, 0.2) is 24.3 Å². The molecule has 0 fully saturated rings. The van der Waals surface area contributed by atoms with Crippen molar-refractivity contribution in [2.45, 2.75) is 0 Å². The Bertz CT molecular complexity index is 391. The van der Waals surface area contributed by atoms with E-state index in [0.29, 0.717) is 11.4 Å². The zero-order chi connectivity index (χ0) is 9.90. The summed E-state index contributed by atoms with van der Waals surface area (Å²) in [5, 5.41) is 0. The van der Waals surface area contributed by atoms with Crippen LogP contribution in [0.1, 0.15) is 0 Å². The van der Waals surface area contributed by atoms with Crippen LogP contribution in [0.3, 0.4) is 0 Å². The van der Waals surface area contributed by atoms with Crippen LogP contribution < -0.4 is 9.46 Å². The molecule has 1 rings (SSSR count). The number of ether oxygens (including phenoxy) is 1. The molecule has 1 aromatic carbocycles. The van der Waals surface area contributed by atoms with Crippen LogP contribution in [0.5, 0.6) is 5.75 Å². The van der Waals surface area contributed by atoms with Crippen LogP contribution in [0.2, 0.25) is 0 Å². The van der Waals surface area contributed by atoms with E-state index in [1.54, 1.807) is 24.3 Å². The van der Waals surface area contributed by atoms with Crippen LogP contribution in [0, 0.1) is 0 Å². The molecule has 4 nitrogen and oxygen atoms in total. The minimum atomic E-state index is -3.21. The normalized spacial score (nSPS) is 10.1. The lowest BCUT2D eigenvalue weighted by Gasteiger charge is -2.05. The number of methoxy groups -OCH3 is 1. The molecule has 1 aromatic rings. The summed E-state index contributed by atoms with van der Waals surface area (Å²) in [6.07, 6.45) is 1.10. The van der Waals surface area contributed by atoms with Crippen molar-refractivity contribution in [3.05, 3.63) is 24.3 Å². The van der Waals surface area contributed by atoms with Crippen molar-refractivity contribution in [2.75, 3.05) is 18.1 Å². The molecular formula is C8H12ClNO3S. The Morgan fingerprint density at radius 3 is 2.50 bits per heavy atom. The van der Waals surface area contributed by atoms with Crippen LogP contribution in [0.25, 0.3) is 0 Å². The largest absolute Gasteiger partial charge is 0.497 e. The Kier molecular flexibility index (Phi) is 4.73. The van der Waals surface area contributed by atoms with Gasteiger partial charge in [-0.05, 0) is 12.1 Å². The monoisotopic (exact) mass is 237 g/mol. The van der Waals surface area contributed by atoms with E-state index in [4.69, 9.17) is 4.74 Å². The first-order chi connectivity index (χ1) is 6.01. The third-order valence-electron chi connectivity index (χ3n) is 1.37. The van der Waals surface area contributed by atoms with Crippen LogP contribution in [-0.4, -0.2) is 21.8 Å². The molecule has 0 aliphatic carbocycles. The lowest BCUT2D eigenvalue weighted by Crippen LogP contribution is -2.09. The Hall–Kier alpha value is -0.940. The lowest BCUT2D eigenvalue weighted by atomic mass is 10.3. The molecule has 0 bridgehead atoms. The topological polar surface area (TPSA) is 55.4 Å². The predicted octanol–water partition coefficient (Wildman–Crippen LogP) is 1.49. The summed E-state index contributed by atoms with van der Waals surface area (Å²) in [5.41, 5.74) is 0.502. The number of halogens is 1. The molecule has 0 saturated heterocycles. The predicted molar refractivity (Wildman–Crippen MR) is 58.7 cm³/mol. The highest BCUT2D eigenvalue weighted by molar-refractivity contribution is 7.92. The molecule has 0 atom stereocenters. The SMILES string of the molecule is COc1cccc(NS(C)(=O)=O)c1.Cl. The Morgan fingerprint density at radius 1 is 1.36 bits per heavy atom. The van der Waals surface area contributed by atoms with E-state index in [1.165, 1.54) is 7.11 Å². The third-order valence-corrected chi connectivity index (χ3v) is 1.98. The van der Waals surface area contributed by atoms with Gasteiger partial charge in [0.05, 0.1) is 19.1 Å². The van der Waals surface area contributed by atoms with E-state index >= 15 is 0 Å². The summed E-state index contributed by atoms with van der Waals surface area (Å²) in [7, 11) is -1.68. The third kappa shape index (κ3) is 4.34. The molecule has 0 spiro atoms. The van der Waals surface area contributed by atoms with Crippen molar-refractivity contribution in [1.29, 1.82) is 0 Å². The van der Waals surface area contributed by atoms with E-state index in [-0.39, 0.29) is 12.4 Å². The van der Waals surface area contributed by atoms with Crippen molar-refractivity contribution < 1.29 is 13.2 Å². The fourth-order valence-electron chi connectivity index (χ4n) is 0.901. The second kappa shape index (κ2) is 5.07. The van der Waals surface area contributed by atoms with Gasteiger partial charge in [-0.2, -0.15) is 0 Å². The first kappa shape index (κ1) is 13.1. The molecule has 0 amide bonds. The van der Waals surface area contributed by atoms with Crippen molar-refractivity contribution in [3.63, 3.8) is 0 Å². The molecule has 0 aromatic heterocycles. The number of hydrogen-bond acceptors (Lipinski definition) is 3. The highest BCUT2D eigenvalue weighted by Crippen LogP contribution is 2.17. The van der Waals surface area contributed by atoms with E-state index in [1.807, 2.05) is 0 Å². The molecule has 0 aliphatic heterocycles. The van der Waals surface area contributed by atoms with E-state index < -0.39 is 10.0 Å².